The van der Waals surface area contributed by atoms with Gasteiger partial charge in [-0.2, -0.15) is 5.10 Å². The van der Waals surface area contributed by atoms with Crippen LogP contribution in [0.25, 0.3) is 0 Å². The summed E-state index contributed by atoms with van der Waals surface area (Å²) in [7, 11) is 0. The summed E-state index contributed by atoms with van der Waals surface area (Å²) >= 11 is 1.47. The van der Waals surface area contributed by atoms with Crippen LogP contribution in [0, 0.1) is 5.92 Å². The van der Waals surface area contributed by atoms with Gasteiger partial charge in [-0.1, -0.05) is 13.8 Å². The highest BCUT2D eigenvalue weighted by Crippen LogP contribution is 2.34. The quantitative estimate of drug-likeness (QED) is 0.779. The minimum atomic E-state index is -1.01. The van der Waals surface area contributed by atoms with Crippen molar-refractivity contribution >= 4 is 35.3 Å². The molecular formula is C12H17N3O4S. The summed E-state index contributed by atoms with van der Waals surface area (Å²) < 4.78 is 0. The molecule has 0 aromatic carbocycles. The maximum Gasteiger partial charge on any atom is 0.327 e. The molecule has 2 unspecified atom stereocenters. The molecule has 0 aliphatic carbocycles. The Balaban J connectivity index is 2.23. The van der Waals surface area contributed by atoms with E-state index in [9.17, 15) is 19.5 Å². The van der Waals surface area contributed by atoms with E-state index >= 15 is 0 Å². The summed E-state index contributed by atoms with van der Waals surface area (Å²) in [6.07, 6.45) is 0.457. The van der Waals surface area contributed by atoms with Crippen LogP contribution < -0.4 is 5.43 Å². The first kappa shape index (κ1) is 14.8. The molecule has 2 rings (SSSR count). The molecule has 0 bridgehead atoms. The molecule has 0 spiro atoms. The number of thioether (sulfide) groups is 1. The van der Waals surface area contributed by atoms with Crippen molar-refractivity contribution in [3.8, 4) is 0 Å². The average molecular weight is 299 g/mol. The van der Waals surface area contributed by atoms with Crippen molar-refractivity contribution in [2.75, 3.05) is 5.75 Å². The third kappa shape index (κ3) is 2.79. The number of amides is 2. The normalized spacial score (nSPS) is 26.4. The van der Waals surface area contributed by atoms with Gasteiger partial charge in [0.05, 0.1) is 5.37 Å². The van der Waals surface area contributed by atoms with Crippen LogP contribution in [-0.4, -0.2) is 50.7 Å². The number of rotatable bonds is 3. The summed E-state index contributed by atoms with van der Waals surface area (Å²) in [5.74, 6) is -1.10. The standard InChI is InChI=1S/C12H17N3O4S/c1-6(2)11-15(8(5-20-11)12(18)19)10(17)7-3-4-9(16)14-13-7/h6,8,11H,3-5H2,1-2H3,(H,14,16)(H,18,19). The molecule has 2 aliphatic heterocycles. The zero-order valence-corrected chi connectivity index (χ0v) is 12.1. The fraction of sp³-hybridized carbons (Fsp3) is 0.667. The number of nitrogens with zero attached hydrogens (tertiary/aromatic N) is 2. The van der Waals surface area contributed by atoms with Gasteiger partial charge >= 0.3 is 5.97 Å². The van der Waals surface area contributed by atoms with Crippen LogP contribution in [0.1, 0.15) is 26.7 Å². The number of carboxylic acids is 1. The molecular weight excluding hydrogens is 282 g/mol. The lowest BCUT2D eigenvalue weighted by Gasteiger charge is -2.30. The van der Waals surface area contributed by atoms with Gasteiger partial charge in [-0.05, 0) is 5.92 Å². The van der Waals surface area contributed by atoms with Gasteiger partial charge in [0.1, 0.15) is 11.8 Å². The Morgan fingerprint density at radius 2 is 2.15 bits per heavy atom. The van der Waals surface area contributed by atoms with E-state index in [1.54, 1.807) is 0 Å². The second-order valence-corrected chi connectivity index (χ2v) is 6.28. The van der Waals surface area contributed by atoms with Gasteiger partial charge in [0.2, 0.25) is 5.91 Å². The van der Waals surface area contributed by atoms with Crippen LogP contribution in [0.4, 0.5) is 0 Å². The van der Waals surface area contributed by atoms with Gasteiger partial charge in [-0.25, -0.2) is 10.2 Å². The third-order valence-electron chi connectivity index (χ3n) is 3.28. The van der Waals surface area contributed by atoms with Crippen LogP contribution in [0.3, 0.4) is 0 Å². The Hall–Kier alpha value is -1.57. The minimum Gasteiger partial charge on any atom is -0.480 e. The number of carboxylic acid groups (broad SMARTS) is 1. The van der Waals surface area contributed by atoms with Gasteiger partial charge in [0.15, 0.2) is 0 Å². The molecule has 2 amide bonds. The predicted octanol–water partition coefficient (Wildman–Crippen LogP) is 0.263. The zero-order chi connectivity index (χ0) is 14.9. The molecule has 0 radical (unpaired) electrons. The monoisotopic (exact) mass is 299 g/mol. The smallest absolute Gasteiger partial charge is 0.327 e. The summed E-state index contributed by atoms with van der Waals surface area (Å²) in [6, 6.07) is -0.833. The van der Waals surface area contributed by atoms with Crippen LogP contribution in [0.5, 0.6) is 0 Å². The maximum atomic E-state index is 12.5. The summed E-state index contributed by atoms with van der Waals surface area (Å²) in [4.78, 5) is 36.3. The third-order valence-corrected chi connectivity index (χ3v) is 4.90. The van der Waals surface area contributed by atoms with Crippen LogP contribution in [0.2, 0.25) is 0 Å². The topological polar surface area (TPSA) is 99.1 Å². The highest BCUT2D eigenvalue weighted by atomic mass is 32.2. The molecule has 2 aliphatic rings. The van der Waals surface area contributed by atoms with Crippen molar-refractivity contribution in [1.82, 2.24) is 10.3 Å². The number of hydrazone groups is 1. The predicted molar refractivity (Wildman–Crippen MR) is 74.2 cm³/mol. The summed E-state index contributed by atoms with van der Waals surface area (Å²) in [5, 5.41) is 12.8. The lowest BCUT2D eigenvalue weighted by molar-refractivity contribution is -0.147. The highest BCUT2D eigenvalue weighted by Gasteiger charge is 2.44. The summed E-state index contributed by atoms with van der Waals surface area (Å²) in [6.45, 7) is 3.90. The van der Waals surface area contributed by atoms with E-state index in [1.165, 1.54) is 16.7 Å². The van der Waals surface area contributed by atoms with Gasteiger partial charge < -0.3 is 10.0 Å². The average Bonchev–Trinajstić information content (AvgIpc) is 2.83. The molecule has 0 aromatic rings. The van der Waals surface area contributed by atoms with E-state index in [-0.39, 0.29) is 41.7 Å². The molecule has 8 heteroatoms. The molecule has 2 atom stereocenters. The number of hydrogen-bond acceptors (Lipinski definition) is 5. The van der Waals surface area contributed by atoms with E-state index in [1.807, 2.05) is 13.8 Å². The molecule has 2 N–H and O–H groups in total. The number of carbonyl (C=O) groups is 3. The van der Waals surface area contributed by atoms with Gasteiger partial charge in [-0.3, -0.25) is 9.59 Å². The van der Waals surface area contributed by atoms with Crippen molar-refractivity contribution in [2.24, 2.45) is 11.0 Å². The number of nitrogens with one attached hydrogen (secondary N) is 1. The number of hydrogen-bond donors (Lipinski definition) is 2. The Morgan fingerprint density at radius 1 is 1.45 bits per heavy atom. The van der Waals surface area contributed by atoms with E-state index < -0.39 is 12.0 Å². The molecule has 1 saturated heterocycles. The Kier molecular flexibility index (Phi) is 4.32. The van der Waals surface area contributed by atoms with Crippen molar-refractivity contribution in [2.45, 2.75) is 38.1 Å². The number of aliphatic carboxylic acids is 1. The first-order valence-electron chi connectivity index (χ1n) is 6.44. The molecule has 7 nitrogen and oxygen atoms in total. The highest BCUT2D eigenvalue weighted by molar-refractivity contribution is 8.00. The van der Waals surface area contributed by atoms with Gasteiger partial charge in [0.25, 0.3) is 5.91 Å². The zero-order valence-electron chi connectivity index (χ0n) is 11.3. The Labute approximate surface area is 120 Å². The fourth-order valence-corrected chi connectivity index (χ4v) is 3.74. The molecule has 0 saturated carbocycles. The molecule has 2 heterocycles. The molecule has 1 fully saturated rings. The molecule has 20 heavy (non-hydrogen) atoms. The number of carbonyl (C=O) groups excluding carboxylic acids is 2. The lowest BCUT2D eigenvalue weighted by Crippen LogP contribution is -2.50. The van der Waals surface area contributed by atoms with Gasteiger partial charge in [0, 0.05) is 18.6 Å². The first-order valence-corrected chi connectivity index (χ1v) is 7.49. The molecule has 0 aromatic heterocycles. The second-order valence-electron chi connectivity index (χ2n) is 5.13. The van der Waals surface area contributed by atoms with Crippen molar-refractivity contribution in [3.05, 3.63) is 0 Å². The van der Waals surface area contributed by atoms with Crippen molar-refractivity contribution in [3.63, 3.8) is 0 Å². The second kappa shape index (κ2) is 5.82. The lowest BCUT2D eigenvalue weighted by atomic mass is 10.1. The van der Waals surface area contributed by atoms with Crippen LogP contribution in [0.15, 0.2) is 5.10 Å². The molecule has 110 valence electrons. The Bertz CT molecular complexity index is 477. The fourth-order valence-electron chi connectivity index (χ4n) is 2.27. The summed E-state index contributed by atoms with van der Waals surface area (Å²) in [5.41, 5.74) is 2.50. The van der Waals surface area contributed by atoms with E-state index in [0.717, 1.165) is 0 Å². The maximum absolute atomic E-state index is 12.5. The van der Waals surface area contributed by atoms with Gasteiger partial charge in [-0.15, -0.1) is 11.8 Å². The van der Waals surface area contributed by atoms with Crippen molar-refractivity contribution < 1.29 is 19.5 Å². The van der Waals surface area contributed by atoms with E-state index in [2.05, 4.69) is 10.5 Å². The van der Waals surface area contributed by atoms with E-state index in [0.29, 0.717) is 5.75 Å². The van der Waals surface area contributed by atoms with Crippen molar-refractivity contribution in [1.29, 1.82) is 0 Å². The van der Waals surface area contributed by atoms with Crippen LogP contribution in [-0.2, 0) is 14.4 Å². The van der Waals surface area contributed by atoms with Crippen LogP contribution >= 0.6 is 11.8 Å². The largest absolute Gasteiger partial charge is 0.480 e. The Morgan fingerprint density at radius 3 is 2.65 bits per heavy atom. The first-order chi connectivity index (χ1) is 9.41. The van der Waals surface area contributed by atoms with E-state index in [4.69, 9.17) is 0 Å². The minimum absolute atomic E-state index is 0.145. The SMILES string of the molecule is CC(C)C1SCC(C(=O)O)N1C(=O)C1=NNC(=O)CC1.